The first-order valence-corrected chi connectivity index (χ1v) is 6.12. The molecule has 0 atom stereocenters. The highest BCUT2D eigenvalue weighted by molar-refractivity contribution is 5.45. The fourth-order valence-electron chi connectivity index (χ4n) is 2.25. The Kier molecular flexibility index (Phi) is 2.88. The predicted molar refractivity (Wildman–Crippen MR) is 67.5 cm³/mol. The van der Waals surface area contributed by atoms with Crippen LogP contribution in [0.4, 0.5) is 4.39 Å². The molecular formula is C15H11FN2O. The largest absolute Gasteiger partial charge is 0.438 e. The molecule has 1 aromatic carbocycles. The van der Waals surface area contributed by atoms with E-state index in [2.05, 4.69) is 11.1 Å². The molecule has 0 saturated carbocycles. The normalized spacial score (nSPS) is 12.8. The summed E-state index contributed by atoms with van der Waals surface area (Å²) < 4.78 is 18.6. The summed E-state index contributed by atoms with van der Waals surface area (Å²) in [6.45, 7) is 0. The molecule has 0 radical (unpaired) electrons. The number of rotatable bonds is 2. The maximum Gasteiger partial charge on any atom is 0.237 e. The summed E-state index contributed by atoms with van der Waals surface area (Å²) in [6, 6.07) is 9.72. The monoisotopic (exact) mass is 254 g/mol. The average Bonchev–Trinajstić information content (AvgIpc) is 2.85. The van der Waals surface area contributed by atoms with E-state index in [1.54, 1.807) is 12.1 Å². The fourth-order valence-corrected chi connectivity index (χ4v) is 2.25. The van der Waals surface area contributed by atoms with Crippen molar-refractivity contribution in [3.8, 4) is 17.7 Å². The number of aryl methyl sites for hydroxylation is 2. The lowest BCUT2D eigenvalue weighted by molar-refractivity contribution is 0.454. The maximum atomic E-state index is 13.1. The number of benzene rings is 1. The van der Waals surface area contributed by atoms with Crippen molar-refractivity contribution >= 4 is 0 Å². The number of fused-ring (bicyclic) bond motifs is 1. The molecule has 0 aliphatic heterocycles. The fraction of sp³-hybridized carbons (Fsp3) is 0.200. The molecule has 0 bridgehead atoms. The maximum absolute atomic E-state index is 13.1. The van der Waals surface area contributed by atoms with Crippen LogP contribution in [0.15, 0.2) is 30.3 Å². The Labute approximate surface area is 110 Å². The lowest BCUT2D eigenvalue weighted by Gasteiger charge is -2.08. The topological polar surface area (TPSA) is 45.9 Å². The summed E-state index contributed by atoms with van der Waals surface area (Å²) in [5.74, 6) is 0.230. The van der Waals surface area contributed by atoms with Gasteiger partial charge in [0.05, 0.1) is 0 Å². The van der Waals surface area contributed by atoms with Gasteiger partial charge in [-0.1, -0.05) is 6.07 Å². The van der Waals surface area contributed by atoms with Gasteiger partial charge in [-0.25, -0.2) is 9.37 Å². The summed E-state index contributed by atoms with van der Waals surface area (Å²) in [4.78, 5) is 4.38. The number of nitrogens with zero attached hydrogens (tertiary/aromatic N) is 2. The molecule has 1 heterocycles. The van der Waals surface area contributed by atoms with E-state index in [1.165, 1.54) is 12.1 Å². The van der Waals surface area contributed by atoms with Gasteiger partial charge in [0.25, 0.3) is 0 Å². The molecule has 0 N–H and O–H groups in total. The number of hydrogen-bond acceptors (Lipinski definition) is 3. The Morgan fingerprint density at radius 2 is 2.16 bits per heavy atom. The number of nitriles is 1. The van der Waals surface area contributed by atoms with Gasteiger partial charge < -0.3 is 4.74 Å². The van der Waals surface area contributed by atoms with Crippen molar-refractivity contribution in [2.75, 3.05) is 0 Å². The van der Waals surface area contributed by atoms with Gasteiger partial charge in [0.1, 0.15) is 23.2 Å². The third kappa shape index (κ3) is 2.27. The summed E-state index contributed by atoms with van der Waals surface area (Å²) >= 11 is 0. The Balaban J connectivity index is 1.99. The average molecular weight is 254 g/mol. The zero-order chi connectivity index (χ0) is 13.2. The van der Waals surface area contributed by atoms with Crippen LogP contribution in [0.3, 0.4) is 0 Å². The highest BCUT2D eigenvalue weighted by atomic mass is 19.1. The number of halogens is 1. The third-order valence-electron chi connectivity index (χ3n) is 3.15. The molecule has 1 aromatic heterocycles. The van der Waals surface area contributed by atoms with Crippen LogP contribution in [0, 0.1) is 17.1 Å². The molecule has 3 rings (SSSR count). The van der Waals surface area contributed by atoms with Gasteiger partial charge >= 0.3 is 0 Å². The Morgan fingerprint density at radius 1 is 1.26 bits per heavy atom. The Bertz CT molecular complexity index is 676. The van der Waals surface area contributed by atoms with E-state index in [9.17, 15) is 4.39 Å². The molecule has 1 aliphatic carbocycles. The van der Waals surface area contributed by atoms with Crippen molar-refractivity contribution in [1.82, 2.24) is 4.98 Å². The van der Waals surface area contributed by atoms with Crippen LogP contribution in [0.1, 0.15) is 23.2 Å². The zero-order valence-corrected chi connectivity index (χ0v) is 10.2. The first kappa shape index (κ1) is 11.7. The van der Waals surface area contributed by atoms with Gasteiger partial charge in [0.15, 0.2) is 0 Å². The van der Waals surface area contributed by atoms with Gasteiger partial charge in [-0.3, -0.25) is 0 Å². The molecule has 0 saturated heterocycles. The molecule has 0 amide bonds. The Morgan fingerprint density at radius 3 is 2.95 bits per heavy atom. The molecule has 2 aromatic rings. The number of pyridine rings is 1. The van der Waals surface area contributed by atoms with E-state index in [0.29, 0.717) is 11.3 Å². The van der Waals surface area contributed by atoms with Crippen molar-refractivity contribution in [2.24, 2.45) is 0 Å². The van der Waals surface area contributed by atoms with Crippen LogP contribution >= 0.6 is 0 Å². The van der Waals surface area contributed by atoms with E-state index in [-0.39, 0.29) is 11.7 Å². The third-order valence-corrected chi connectivity index (χ3v) is 3.15. The number of ether oxygens (including phenoxy) is 1. The molecule has 1 aliphatic rings. The van der Waals surface area contributed by atoms with Gasteiger partial charge in [-0.2, -0.15) is 5.26 Å². The highest BCUT2D eigenvalue weighted by Gasteiger charge is 2.17. The van der Waals surface area contributed by atoms with Crippen LogP contribution in [0.25, 0.3) is 0 Å². The lowest BCUT2D eigenvalue weighted by Crippen LogP contribution is -1.97. The zero-order valence-electron chi connectivity index (χ0n) is 10.2. The van der Waals surface area contributed by atoms with Gasteiger partial charge in [0.2, 0.25) is 5.88 Å². The van der Waals surface area contributed by atoms with Crippen LogP contribution in [0.5, 0.6) is 11.6 Å². The molecule has 0 unspecified atom stereocenters. The quantitative estimate of drug-likeness (QED) is 0.825. The summed E-state index contributed by atoms with van der Waals surface area (Å²) in [6.07, 6.45) is 2.91. The summed E-state index contributed by atoms with van der Waals surface area (Å²) in [5.41, 5.74) is 2.48. The first-order valence-electron chi connectivity index (χ1n) is 6.12. The minimum absolute atomic E-state index is 0.258. The molecule has 19 heavy (non-hydrogen) atoms. The van der Waals surface area contributed by atoms with E-state index < -0.39 is 0 Å². The van der Waals surface area contributed by atoms with Crippen LogP contribution in [-0.4, -0.2) is 4.98 Å². The SMILES string of the molecule is N#Cc1cc2c(nc1Oc1cccc(F)c1)CCC2. The second-order valence-corrected chi connectivity index (χ2v) is 4.47. The van der Waals surface area contributed by atoms with Crippen LogP contribution in [0.2, 0.25) is 0 Å². The molecule has 0 spiro atoms. The number of aromatic nitrogens is 1. The second kappa shape index (κ2) is 4.69. The molecule has 4 heteroatoms. The number of hydrogen-bond donors (Lipinski definition) is 0. The summed E-state index contributed by atoms with van der Waals surface area (Å²) in [5, 5.41) is 9.14. The van der Waals surface area contributed by atoms with Crippen LogP contribution < -0.4 is 4.74 Å². The van der Waals surface area contributed by atoms with Crippen molar-refractivity contribution in [3.63, 3.8) is 0 Å². The second-order valence-electron chi connectivity index (χ2n) is 4.47. The minimum Gasteiger partial charge on any atom is -0.438 e. The highest BCUT2D eigenvalue weighted by Crippen LogP contribution is 2.29. The van der Waals surface area contributed by atoms with E-state index in [1.807, 2.05) is 6.07 Å². The predicted octanol–water partition coefficient (Wildman–Crippen LogP) is 3.37. The Hall–Kier alpha value is -2.41. The molecule has 3 nitrogen and oxygen atoms in total. The molecule has 94 valence electrons. The van der Waals surface area contributed by atoms with Gasteiger partial charge in [-0.05, 0) is 43.0 Å². The standard InChI is InChI=1S/C15H11FN2O/c16-12-4-2-5-13(8-12)19-15-11(9-17)7-10-3-1-6-14(10)18-15/h2,4-5,7-8H,1,3,6H2. The molecular weight excluding hydrogens is 243 g/mol. The van der Waals surface area contributed by atoms with Crippen LogP contribution in [-0.2, 0) is 12.8 Å². The van der Waals surface area contributed by atoms with Gasteiger partial charge in [-0.15, -0.1) is 0 Å². The van der Waals surface area contributed by atoms with E-state index in [4.69, 9.17) is 10.00 Å². The van der Waals surface area contributed by atoms with E-state index >= 15 is 0 Å². The van der Waals surface area contributed by atoms with E-state index in [0.717, 1.165) is 30.5 Å². The lowest BCUT2D eigenvalue weighted by atomic mass is 10.1. The van der Waals surface area contributed by atoms with Crippen molar-refractivity contribution in [1.29, 1.82) is 5.26 Å². The minimum atomic E-state index is -0.378. The molecule has 0 fully saturated rings. The first-order chi connectivity index (χ1) is 9.26. The van der Waals surface area contributed by atoms with Crippen molar-refractivity contribution in [3.05, 3.63) is 53.0 Å². The smallest absolute Gasteiger partial charge is 0.237 e. The van der Waals surface area contributed by atoms with Crippen molar-refractivity contribution < 1.29 is 9.13 Å². The van der Waals surface area contributed by atoms with Gasteiger partial charge in [0, 0.05) is 11.8 Å². The van der Waals surface area contributed by atoms with Crippen molar-refractivity contribution in [2.45, 2.75) is 19.3 Å². The summed E-state index contributed by atoms with van der Waals surface area (Å²) in [7, 11) is 0.